The Kier molecular flexibility index (Phi) is 2.94. The average molecular weight is 260 g/mol. The second-order valence-electron chi connectivity index (χ2n) is 3.94. The zero-order valence-corrected chi connectivity index (χ0v) is 9.80. The van der Waals surface area contributed by atoms with E-state index in [0.29, 0.717) is 18.9 Å². The van der Waals surface area contributed by atoms with Gasteiger partial charge in [-0.25, -0.2) is 4.98 Å². The highest BCUT2D eigenvalue weighted by atomic mass is 31.2. The van der Waals surface area contributed by atoms with Gasteiger partial charge < -0.3 is 25.4 Å². The van der Waals surface area contributed by atoms with Crippen LogP contribution in [0.1, 0.15) is 23.0 Å². The number of aromatic nitrogens is 2. The number of amides is 1. The Morgan fingerprint density at radius 2 is 2.41 bits per heavy atom. The summed E-state index contributed by atoms with van der Waals surface area (Å²) in [4.78, 5) is 32.9. The van der Waals surface area contributed by atoms with Crippen LogP contribution >= 0.6 is 7.60 Å². The smallest absolute Gasteiger partial charge is 0.327 e. The maximum atomic E-state index is 11.0. The lowest BCUT2D eigenvalue weighted by atomic mass is 10.2. The van der Waals surface area contributed by atoms with Crippen molar-refractivity contribution in [1.82, 2.24) is 9.55 Å². The lowest BCUT2D eigenvalue weighted by molar-refractivity contribution is 0.0996. The molecule has 2 rings (SSSR count). The number of nitrogens with two attached hydrogens (primary N) is 1. The van der Waals surface area contributed by atoms with Gasteiger partial charge in [-0.3, -0.25) is 9.36 Å². The van der Waals surface area contributed by atoms with E-state index in [1.807, 2.05) is 0 Å². The minimum absolute atomic E-state index is 0.0881. The van der Waals surface area contributed by atoms with Gasteiger partial charge in [-0.15, -0.1) is 0 Å². The first-order valence-electron chi connectivity index (χ1n) is 5.04. The van der Waals surface area contributed by atoms with E-state index in [9.17, 15) is 9.36 Å². The molecule has 0 radical (unpaired) electrons. The number of nitrogens with zero attached hydrogens (tertiary/aromatic N) is 2. The highest BCUT2D eigenvalue weighted by molar-refractivity contribution is 7.51. The van der Waals surface area contributed by atoms with Crippen molar-refractivity contribution in [1.29, 1.82) is 0 Å². The molecule has 5 N–H and O–H groups in total. The van der Waals surface area contributed by atoms with Gasteiger partial charge in [0.15, 0.2) is 0 Å². The lowest BCUT2D eigenvalue weighted by Crippen LogP contribution is -2.24. The van der Waals surface area contributed by atoms with Gasteiger partial charge in [-0.05, 0) is 6.42 Å². The van der Waals surface area contributed by atoms with Crippen LogP contribution in [-0.4, -0.2) is 38.0 Å². The monoisotopic (exact) mass is 260 g/mol. The second kappa shape index (κ2) is 4.14. The summed E-state index contributed by atoms with van der Waals surface area (Å²) in [5, 5.41) is 2.94. The van der Waals surface area contributed by atoms with Gasteiger partial charge in [0, 0.05) is 18.8 Å². The highest BCUT2D eigenvalue weighted by Crippen LogP contribution is 2.41. The number of anilines is 1. The molecule has 0 bridgehead atoms. The molecule has 0 saturated heterocycles. The maximum Gasteiger partial charge on any atom is 0.327 e. The van der Waals surface area contributed by atoms with E-state index >= 15 is 0 Å². The first-order valence-corrected chi connectivity index (χ1v) is 6.84. The molecule has 0 spiro atoms. The number of carbonyl (C=O) groups excluding carboxylic acids is 1. The van der Waals surface area contributed by atoms with Crippen molar-refractivity contribution in [3.8, 4) is 0 Å². The van der Waals surface area contributed by atoms with Crippen LogP contribution in [0.15, 0.2) is 6.20 Å². The van der Waals surface area contributed by atoms with Crippen molar-refractivity contribution in [3.63, 3.8) is 0 Å². The third-order valence-electron chi connectivity index (χ3n) is 2.59. The first-order chi connectivity index (χ1) is 7.87. The number of rotatable bonds is 3. The third-order valence-corrected chi connectivity index (χ3v) is 3.48. The van der Waals surface area contributed by atoms with E-state index in [0.717, 1.165) is 0 Å². The maximum absolute atomic E-state index is 11.0. The Morgan fingerprint density at radius 1 is 1.71 bits per heavy atom. The van der Waals surface area contributed by atoms with Gasteiger partial charge in [0.2, 0.25) is 5.95 Å². The predicted molar refractivity (Wildman–Crippen MR) is 59.8 cm³/mol. The fourth-order valence-corrected chi connectivity index (χ4v) is 2.77. The summed E-state index contributed by atoms with van der Waals surface area (Å²) >= 11 is 0. The quantitative estimate of drug-likeness (QED) is 0.543. The highest BCUT2D eigenvalue weighted by Gasteiger charge is 2.28. The third kappa shape index (κ3) is 2.66. The number of imidazole rings is 1. The number of carbonyl (C=O) groups is 1. The van der Waals surface area contributed by atoms with Crippen LogP contribution in [0.2, 0.25) is 0 Å². The Labute approximate surface area is 97.0 Å². The van der Waals surface area contributed by atoms with Crippen LogP contribution in [-0.2, 0) is 4.57 Å². The predicted octanol–water partition coefficient (Wildman–Crippen LogP) is -0.484. The van der Waals surface area contributed by atoms with E-state index in [4.69, 9.17) is 15.5 Å². The van der Waals surface area contributed by atoms with Gasteiger partial charge in [0.1, 0.15) is 5.69 Å². The van der Waals surface area contributed by atoms with Crippen molar-refractivity contribution in [2.24, 2.45) is 5.73 Å². The molecule has 94 valence electrons. The molecule has 0 aromatic carbocycles. The largest absolute Gasteiger partial charge is 0.364 e. The van der Waals surface area contributed by atoms with Crippen molar-refractivity contribution < 1.29 is 19.1 Å². The topological polar surface area (TPSA) is 130 Å². The molecule has 17 heavy (non-hydrogen) atoms. The molecule has 8 nitrogen and oxygen atoms in total. The van der Waals surface area contributed by atoms with Gasteiger partial charge in [0.05, 0.1) is 6.16 Å². The van der Waals surface area contributed by atoms with Crippen molar-refractivity contribution >= 4 is 19.5 Å². The Hall–Kier alpha value is -1.37. The molecule has 0 aliphatic carbocycles. The van der Waals surface area contributed by atoms with E-state index in [1.165, 1.54) is 6.20 Å². The van der Waals surface area contributed by atoms with Crippen LogP contribution in [0.25, 0.3) is 0 Å². The molecule has 1 aromatic heterocycles. The number of hydrogen-bond donors (Lipinski definition) is 4. The lowest BCUT2D eigenvalue weighted by Gasteiger charge is -2.25. The number of primary amides is 1. The van der Waals surface area contributed by atoms with Gasteiger partial charge in [-0.2, -0.15) is 0 Å². The molecule has 1 amide bonds. The van der Waals surface area contributed by atoms with Crippen LogP contribution in [0.4, 0.5) is 5.95 Å². The number of hydrogen-bond acceptors (Lipinski definition) is 4. The fourth-order valence-electron chi connectivity index (χ4n) is 1.86. The first kappa shape index (κ1) is 12.1. The molecule has 0 saturated carbocycles. The number of nitrogens with one attached hydrogen (secondary N) is 1. The van der Waals surface area contributed by atoms with Gasteiger partial charge in [0.25, 0.3) is 5.91 Å². The molecule has 2 heterocycles. The van der Waals surface area contributed by atoms with E-state index in [2.05, 4.69) is 10.3 Å². The summed E-state index contributed by atoms with van der Waals surface area (Å²) < 4.78 is 12.6. The van der Waals surface area contributed by atoms with Crippen molar-refractivity contribution in [2.45, 2.75) is 12.5 Å². The minimum Gasteiger partial charge on any atom is -0.364 e. The zero-order chi connectivity index (χ0) is 12.6. The standard InChI is InChI=1S/C8H13N4O4P/c9-7(13)6-3-12-5(4-17(14,15)16)1-2-10-8(12)11-6/h3,5H,1-2,4H2,(H2,9,13)(H,10,11)(H2,14,15,16)/t5-/m1/s1. The molecule has 0 fully saturated rings. The molecule has 1 aliphatic rings. The molecule has 1 atom stereocenters. The summed E-state index contributed by atoms with van der Waals surface area (Å²) in [7, 11) is -4.10. The molecule has 0 unspecified atom stereocenters. The van der Waals surface area contributed by atoms with E-state index in [1.54, 1.807) is 4.57 Å². The molecular formula is C8H13N4O4P. The van der Waals surface area contributed by atoms with Gasteiger partial charge in [-0.1, -0.05) is 0 Å². The van der Waals surface area contributed by atoms with E-state index in [-0.39, 0.29) is 17.9 Å². The molecule has 1 aromatic rings. The Morgan fingerprint density at radius 3 is 3.00 bits per heavy atom. The normalized spacial score (nSPS) is 19.5. The fraction of sp³-hybridized carbons (Fsp3) is 0.500. The molecular weight excluding hydrogens is 247 g/mol. The van der Waals surface area contributed by atoms with Crippen LogP contribution in [0, 0.1) is 0 Å². The Balaban J connectivity index is 2.31. The summed E-state index contributed by atoms with van der Waals surface area (Å²) in [6.07, 6.45) is 1.72. The summed E-state index contributed by atoms with van der Waals surface area (Å²) in [5.74, 6) is -0.243. The zero-order valence-electron chi connectivity index (χ0n) is 8.91. The van der Waals surface area contributed by atoms with E-state index < -0.39 is 13.5 Å². The molecule has 9 heteroatoms. The van der Waals surface area contributed by atoms with Crippen molar-refractivity contribution in [2.75, 3.05) is 18.0 Å². The Bertz CT molecular complexity index is 494. The minimum atomic E-state index is -4.10. The van der Waals surface area contributed by atoms with Crippen LogP contribution < -0.4 is 11.1 Å². The van der Waals surface area contributed by atoms with Crippen LogP contribution in [0.3, 0.4) is 0 Å². The van der Waals surface area contributed by atoms with Gasteiger partial charge >= 0.3 is 7.60 Å². The SMILES string of the molecule is NC(=O)c1cn2c(n1)NCC[C@@H]2CP(=O)(O)O. The summed E-state index contributed by atoms with van der Waals surface area (Å²) in [5.41, 5.74) is 5.19. The average Bonchev–Trinajstić information content (AvgIpc) is 2.60. The number of fused-ring (bicyclic) bond motifs is 1. The second-order valence-corrected chi connectivity index (χ2v) is 5.63. The molecule has 1 aliphatic heterocycles. The summed E-state index contributed by atoms with van der Waals surface area (Å²) in [6, 6.07) is -0.368. The summed E-state index contributed by atoms with van der Waals surface area (Å²) in [6.45, 7) is 0.555. The van der Waals surface area contributed by atoms with Crippen molar-refractivity contribution in [3.05, 3.63) is 11.9 Å². The van der Waals surface area contributed by atoms with Crippen LogP contribution in [0.5, 0.6) is 0 Å².